The molecule has 0 aromatic carbocycles. The second kappa shape index (κ2) is 3.34. The molecule has 0 fully saturated rings. The number of carbonyl (C=O) groups is 1. The maximum atomic E-state index is 13.0. The number of aromatic nitrogens is 2. The predicted octanol–water partition coefficient (Wildman–Crippen LogP) is 1.50. The Morgan fingerprint density at radius 2 is 2.33 bits per heavy atom. The first-order chi connectivity index (χ1) is 7.13. The van der Waals surface area contributed by atoms with Gasteiger partial charge in [-0.3, -0.25) is 0 Å². The summed E-state index contributed by atoms with van der Waals surface area (Å²) in [6, 6.07) is 1.27. The Morgan fingerprint density at radius 3 is 3.00 bits per heavy atom. The average Bonchev–Trinajstić information content (AvgIpc) is 2.54. The van der Waals surface area contributed by atoms with Crippen molar-refractivity contribution in [3.05, 3.63) is 29.8 Å². The van der Waals surface area contributed by atoms with Crippen LogP contribution in [-0.2, 0) is 11.8 Å². The van der Waals surface area contributed by atoms with Gasteiger partial charge in [-0.2, -0.15) is 0 Å². The first-order valence-corrected chi connectivity index (χ1v) is 4.32. The fourth-order valence-corrected chi connectivity index (χ4v) is 1.51. The Hall–Kier alpha value is -1.91. The van der Waals surface area contributed by atoms with E-state index in [4.69, 9.17) is 0 Å². The van der Waals surface area contributed by atoms with Crippen LogP contribution in [0.4, 0.5) is 4.39 Å². The van der Waals surface area contributed by atoms with Gasteiger partial charge in [0.2, 0.25) is 0 Å². The molecule has 2 rings (SSSR count). The number of fused-ring (bicyclic) bond motifs is 1. The molecule has 2 heterocycles. The lowest BCUT2D eigenvalue weighted by molar-refractivity contribution is 0.0603. The van der Waals surface area contributed by atoms with Crippen molar-refractivity contribution < 1.29 is 13.9 Å². The summed E-state index contributed by atoms with van der Waals surface area (Å²) < 4.78 is 19.2. The van der Waals surface area contributed by atoms with Gasteiger partial charge in [0.25, 0.3) is 0 Å². The van der Waals surface area contributed by atoms with Crippen LogP contribution in [0.5, 0.6) is 0 Å². The summed E-state index contributed by atoms with van der Waals surface area (Å²) in [5.41, 5.74) is 0.874. The maximum absolute atomic E-state index is 13.0. The van der Waals surface area contributed by atoms with Crippen LogP contribution in [0.15, 0.2) is 18.5 Å². The number of hydrogen-bond donors (Lipinski definition) is 0. The zero-order chi connectivity index (χ0) is 11.0. The maximum Gasteiger partial charge on any atom is 0.340 e. The summed E-state index contributed by atoms with van der Waals surface area (Å²) in [4.78, 5) is 15.3. The van der Waals surface area contributed by atoms with E-state index in [9.17, 15) is 9.18 Å². The van der Waals surface area contributed by atoms with Crippen LogP contribution in [0.1, 0.15) is 10.4 Å². The van der Waals surface area contributed by atoms with E-state index in [1.807, 2.05) is 0 Å². The number of carbonyl (C=O) groups excluding carboxylic acids is 1. The summed E-state index contributed by atoms with van der Waals surface area (Å²) in [5.74, 6) is -0.966. The molecule has 0 aliphatic carbocycles. The number of nitrogens with zero attached hydrogens (tertiary/aromatic N) is 2. The van der Waals surface area contributed by atoms with Gasteiger partial charge >= 0.3 is 5.97 Å². The zero-order valence-electron chi connectivity index (χ0n) is 8.32. The van der Waals surface area contributed by atoms with Crippen molar-refractivity contribution in [3.8, 4) is 0 Å². The highest BCUT2D eigenvalue weighted by atomic mass is 19.1. The highest BCUT2D eigenvalue weighted by Crippen LogP contribution is 2.20. The van der Waals surface area contributed by atoms with Crippen LogP contribution in [-0.4, -0.2) is 22.6 Å². The molecule has 0 aliphatic rings. The van der Waals surface area contributed by atoms with E-state index in [1.54, 1.807) is 17.8 Å². The fourth-order valence-electron chi connectivity index (χ4n) is 1.51. The van der Waals surface area contributed by atoms with E-state index >= 15 is 0 Å². The molecule has 0 amide bonds. The largest absolute Gasteiger partial charge is 0.465 e. The predicted molar refractivity (Wildman–Crippen MR) is 52.0 cm³/mol. The van der Waals surface area contributed by atoms with Crippen LogP contribution in [0.2, 0.25) is 0 Å². The quantitative estimate of drug-likeness (QED) is 0.667. The Kier molecular flexibility index (Phi) is 2.15. The molecule has 0 bridgehead atoms. The molecule has 78 valence electrons. The van der Waals surface area contributed by atoms with Gasteiger partial charge in [-0.15, -0.1) is 0 Å². The van der Waals surface area contributed by atoms with Crippen molar-refractivity contribution in [3.63, 3.8) is 0 Å². The van der Waals surface area contributed by atoms with Gasteiger partial charge in [-0.1, -0.05) is 0 Å². The molecule has 0 saturated carbocycles. The van der Waals surface area contributed by atoms with Crippen LogP contribution in [0.3, 0.4) is 0 Å². The SMILES string of the molecule is COC(=O)c1cn(C)c2ncc(F)cc12. The number of hydrogen-bond acceptors (Lipinski definition) is 3. The Labute approximate surface area is 85.3 Å². The average molecular weight is 208 g/mol. The Morgan fingerprint density at radius 1 is 1.60 bits per heavy atom. The van der Waals surface area contributed by atoms with E-state index in [2.05, 4.69) is 9.72 Å². The molecule has 0 N–H and O–H groups in total. The second-order valence-electron chi connectivity index (χ2n) is 3.17. The Bertz CT molecular complexity index is 533. The van der Waals surface area contributed by atoms with Crippen molar-refractivity contribution in [1.82, 2.24) is 9.55 Å². The van der Waals surface area contributed by atoms with Crippen molar-refractivity contribution >= 4 is 17.0 Å². The molecule has 0 spiro atoms. The van der Waals surface area contributed by atoms with Gasteiger partial charge in [0.15, 0.2) is 0 Å². The first-order valence-electron chi connectivity index (χ1n) is 4.32. The van der Waals surface area contributed by atoms with E-state index < -0.39 is 11.8 Å². The molecular weight excluding hydrogens is 199 g/mol. The molecule has 0 radical (unpaired) electrons. The van der Waals surface area contributed by atoms with Crippen LogP contribution in [0.25, 0.3) is 11.0 Å². The molecule has 2 aromatic heterocycles. The number of aryl methyl sites for hydroxylation is 1. The fraction of sp³-hybridized carbons (Fsp3) is 0.200. The molecule has 0 saturated heterocycles. The molecular formula is C10H9FN2O2. The highest BCUT2D eigenvalue weighted by molar-refractivity contribution is 6.03. The van der Waals surface area contributed by atoms with Gasteiger partial charge < -0.3 is 9.30 Å². The Balaban J connectivity index is 2.75. The smallest absolute Gasteiger partial charge is 0.340 e. The summed E-state index contributed by atoms with van der Waals surface area (Å²) in [7, 11) is 3.02. The monoisotopic (exact) mass is 208 g/mol. The van der Waals surface area contributed by atoms with Gasteiger partial charge in [0.1, 0.15) is 11.5 Å². The lowest BCUT2D eigenvalue weighted by Crippen LogP contribution is -1.99. The van der Waals surface area contributed by atoms with Gasteiger partial charge in [0.05, 0.1) is 18.9 Å². The van der Waals surface area contributed by atoms with Gasteiger partial charge in [-0.25, -0.2) is 14.2 Å². The third kappa shape index (κ3) is 1.45. The highest BCUT2D eigenvalue weighted by Gasteiger charge is 2.15. The van der Waals surface area contributed by atoms with Crippen molar-refractivity contribution in [2.45, 2.75) is 0 Å². The first kappa shape index (κ1) is 9.64. The van der Waals surface area contributed by atoms with Gasteiger partial charge in [0, 0.05) is 18.6 Å². The topological polar surface area (TPSA) is 44.1 Å². The lowest BCUT2D eigenvalue weighted by Gasteiger charge is -1.95. The van der Waals surface area contributed by atoms with Crippen LogP contribution >= 0.6 is 0 Å². The third-order valence-corrected chi connectivity index (χ3v) is 2.19. The standard InChI is InChI=1S/C10H9FN2O2/c1-13-5-8(10(14)15-2)7-3-6(11)4-12-9(7)13/h3-5H,1-2H3. The number of esters is 1. The zero-order valence-corrected chi connectivity index (χ0v) is 8.32. The van der Waals surface area contributed by atoms with E-state index in [-0.39, 0.29) is 0 Å². The molecule has 0 aliphatic heterocycles. The number of pyridine rings is 1. The molecule has 0 unspecified atom stereocenters. The molecule has 0 atom stereocenters. The van der Waals surface area contributed by atoms with Crippen molar-refractivity contribution in [2.75, 3.05) is 7.11 Å². The third-order valence-electron chi connectivity index (χ3n) is 2.19. The minimum absolute atomic E-state index is 0.321. The van der Waals surface area contributed by atoms with Gasteiger partial charge in [-0.05, 0) is 6.07 Å². The minimum atomic E-state index is -0.493. The van der Waals surface area contributed by atoms with Crippen LogP contribution < -0.4 is 0 Å². The van der Waals surface area contributed by atoms with E-state index in [0.29, 0.717) is 16.6 Å². The molecule has 15 heavy (non-hydrogen) atoms. The van der Waals surface area contributed by atoms with E-state index in [1.165, 1.54) is 13.2 Å². The van der Waals surface area contributed by atoms with E-state index in [0.717, 1.165) is 6.20 Å². The molecule has 2 aromatic rings. The summed E-state index contributed by atoms with van der Waals surface area (Å²) in [6.07, 6.45) is 2.69. The lowest BCUT2D eigenvalue weighted by atomic mass is 10.2. The number of rotatable bonds is 1. The summed E-state index contributed by atoms with van der Waals surface area (Å²) in [5, 5.41) is 0.462. The number of ether oxygens (including phenoxy) is 1. The van der Waals surface area contributed by atoms with Crippen molar-refractivity contribution in [2.24, 2.45) is 7.05 Å². The molecule has 5 heteroatoms. The number of methoxy groups -OCH3 is 1. The van der Waals surface area contributed by atoms with Crippen LogP contribution in [0, 0.1) is 5.82 Å². The second-order valence-corrected chi connectivity index (χ2v) is 3.17. The normalized spacial score (nSPS) is 10.6. The summed E-state index contributed by atoms with van der Waals surface area (Å²) >= 11 is 0. The summed E-state index contributed by atoms with van der Waals surface area (Å²) in [6.45, 7) is 0. The molecule has 4 nitrogen and oxygen atoms in total. The minimum Gasteiger partial charge on any atom is -0.465 e. The van der Waals surface area contributed by atoms with Crippen molar-refractivity contribution in [1.29, 1.82) is 0 Å². The number of halogens is 1.